The summed E-state index contributed by atoms with van der Waals surface area (Å²) in [7, 11) is 0. The van der Waals surface area contributed by atoms with Crippen LogP contribution in [0.4, 0.5) is 0 Å². The lowest BCUT2D eigenvalue weighted by molar-refractivity contribution is 1.07. The molecule has 62 heavy (non-hydrogen) atoms. The minimum absolute atomic E-state index is 0.592. The molecule has 0 radical (unpaired) electrons. The maximum absolute atomic E-state index is 5.07. The molecule has 7 nitrogen and oxygen atoms in total. The van der Waals surface area contributed by atoms with Gasteiger partial charge in [-0.05, 0) is 65.2 Å². The lowest BCUT2D eigenvalue weighted by Crippen LogP contribution is -2.00. The number of aromatic nitrogens is 7. The maximum Gasteiger partial charge on any atom is 0.164 e. The Bertz CT molecular complexity index is 3570. The first-order valence-electron chi connectivity index (χ1n) is 20.4. The van der Waals surface area contributed by atoms with Crippen LogP contribution in [0.2, 0.25) is 0 Å². The molecule has 7 aromatic carbocycles. The average molecular weight is 812 g/mol. The molecule has 5 heterocycles. The van der Waals surface area contributed by atoms with Crippen molar-refractivity contribution in [3.63, 3.8) is 0 Å². The summed E-state index contributed by atoms with van der Waals surface area (Å²) in [5.74, 6) is 1.81. The number of thiophene rings is 1. The van der Waals surface area contributed by atoms with Gasteiger partial charge in [-0.25, -0.2) is 29.9 Å². The zero-order valence-electron chi connectivity index (χ0n) is 33.1. The molecule has 0 spiro atoms. The Morgan fingerprint density at radius 3 is 1.53 bits per heavy atom. The van der Waals surface area contributed by atoms with Gasteiger partial charge < -0.3 is 4.57 Å². The summed E-state index contributed by atoms with van der Waals surface area (Å²) in [6.45, 7) is 0. The van der Waals surface area contributed by atoms with Crippen molar-refractivity contribution < 1.29 is 0 Å². The molecule has 0 saturated carbocycles. The van der Waals surface area contributed by atoms with Gasteiger partial charge in [0.2, 0.25) is 0 Å². The van der Waals surface area contributed by atoms with Crippen molar-refractivity contribution in [2.24, 2.45) is 0 Å². The Morgan fingerprint density at radius 1 is 0.371 bits per heavy atom. The molecule has 0 bridgehead atoms. The van der Waals surface area contributed by atoms with Gasteiger partial charge >= 0.3 is 0 Å². The number of benzene rings is 7. The Balaban J connectivity index is 0.895. The standard InChI is InChI=1S/C54H33N7S/c1-3-12-34(13-4-1)39-16-11-17-40(30-39)41-31-45-49-50(62-54(45)55-32-41)48(56-33-57-49)35-22-24-37(25-23-35)52-58-51(36-14-5-2-6-15-36)59-53(60-52)38-26-28-42(29-27-38)61-46-20-9-7-18-43(46)44-19-8-10-21-47(44)61/h1-33H. The number of rotatable bonds is 7. The zero-order chi connectivity index (χ0) is 41.0. The van der Waals surface area contributed by atoms with Gasteiger partial charge in [0.15, 0.2) is 17.5 Å². The molecule has 0 amide bonds. The lowest BCUT2D eigenvalue weighted by Gasteiger charge is -2.11. The van der Waals surface area contributed by atoms with Crippen molar-refractivity contribution in [1.29, 1.82) is 0 Å². The van der Waals surface area contributed by atoms with Crippen molar-refractivity contribution in [1.82, 2.24) is 34.5 Å². The van der Waals surface area contributed by atoms with E-state index in [4.69, 9.17) is 29.9 Å². The topological polar surface area (TPSA) is 82.3 Å². The summed E-state index contributed by atoms with van der Waals surface area (Å²) in [5.41, 5.74) is 13.3. The highest BCUT2D eigenvalue weighted by Crippen LogP contribution is 2.39. The average Bonchev–Trinajstić information content (AvgIpc) is 3.90. The quantitative estimate of drug-likeness (QED) is 0.159. The van der Waals surface area contributed by atoms with E-state index < -0.39 is 0 Å². The summed E-state index contributed by atoms with van der Waals surface area (Å²) in [5, 5.41) is 3.48. The van der Waals surface area contributed by atoms with Gasteiger partial charge in [0.05, 0.1) is 26.9 Å². The summed E-state index contributed by atoms with van der Waals surface area (Å²) in [4.78, 5) is 30.5. The highest BCUT2D eigenvalue weighted by molar-refractivity contribution is 7.25. The third-order valence-electron chi connectivity index (χ3n) is 11.5. The molecule has 0 aliphatic heterocycles. The molecule has 12 rings (SSSR count). The van der Waals surface area contributed by atoms with E-state index in [0.717, 1.165) is 65.2 Å². The fourth-order valence-electron chi connectivity index (χ4n) is 8.42. The van der Waals surface area contributed by atoms with E-state index in [-0.39, 0.29) is 0 Å². The largest absolute Gasteiger partial charge is 0.309 e. The lowest BCUT2D eigenvalue weighted by atomic mass is 9.99. The van der Waals surface area contributed by atoms with Crippen LogP contribution < -0.4 is 0 Å². The smallest absolute Gasteiger partial charge is 0.164 e. The highest BCUT2D eigenvalue weighted by atomic mass is 32.1. The van der Waals surface area contributed by atoms with E-state index >= 15 is 0 Å². The van der Waals surface area contributed by atoms with E-state index in [1.165, 1.54) is 32.9 Å². The molecular weight excluding hydrogens is 779 g/mol. The molecule has 0 N–H and O–H groups in total. The molecule has 0 atom stereocenters. The number of hydrogen-bond acceptors (Lipinski definition) is 7. The van der Waals surface area contributed by atoms with E-state index in [0.29, 0.717) is 17.5 Å². The van der Waals surface area contributed by atoms with Gasteiger partial charge in [0, 0.05) is 55.9 Å². The van der Waals surface area contributed by atoms with E-state index in [1.54, 1.807) is 17.7 Å². The van der Waals surface area contributed by atoms with Crippen molar-refractivity contribution in [3.05, 3.63) is 201 Å². The second-order valence-corrected chi connectivity index (χ2v) is 16.2. The molecular formula is C54H33N7S. The van der Waals surface area contributed by atoms with Crippen LogP contribution in [0.5, 0.6) is 0 Å². The summed E-state index contributed by atoms with van der Waals surface area (Å²) in [6.07, 6.45) is 3.61. The van der Waals surface area contributed by atoms with Gasteiger partial charge in [-0.2, -0.15) is 0 Å². The number of pyridine rings is 1. The first-order valence-corrected chi connectivity index (χ1v) is 21.2. The minimum atomic E-state index is 0.592. The van der Waals surface area contributed by atoms with E-state index in [1.807, 2.05) is 42.6 Å². The highest BCUT2D eigenvalue weighted by Gasteiger charge is 2.18. The van der Waals surface area contributed by atoms with Crippen LogP contribution in [0.15, 0.2) is 201 Å². The van der Waals surface area contributed by atoms with Gasteiger partial charge in [-0.1, -0.05) is 140 Å². The second kappa shape index (κ2) is 14.8. The molecule has 0 saturated heterocycles. The molecule has 290 valence electrons. The number of para-hydroxylation sites is 2. The number of hydrogen-bond donors (Lipinski definition) is 0. The Hall–Kier alpha value is -8.20. The van der Waals surface area contributed by atoms with Crippen LogP contribution in [0.3, 0.4) is 0 Å². The fraction of sp³-hybridized carbons (Fsp3) is 0. The summed E-state index contributed by atoms with van der Waals surface area (Å²) in [6, 6.07) is 65.2. The predicted octanol–water partition coefficient (Wildman–Crippen LogP) is 13.5. The summed E-state index contributed by atoms with van der Waals surface area (Å²) >= 11 is 1.62. The summed E-state index contributed by atoms with van der Waals surface area (Å²) < 4.78 is 3.31. The first-order chi connectivity index (χ1) is 30.7. The van der Waals surface area contributed by atoms with Crippen molar-refractivity contribution in [3.8, 4) is 73.4 Å². The Labute approximate surface area is 360 Å². The van der Waals surface area contributed by atoms with Gasteiger partial charge in [0.25, 0.3) is 0 Å². The molecule has 0 unspecified atom stereocenters. The normalized spacial score (nSPS) is 11.5. The van der Waals surface area contributed by atoms with E-state index in [9.17, 15) is 0 Å². The minimum Gasteiger partial charge on any atom is -0.309 e. The van der Waals surface area contributed by atoms with Gasteiger partial charge in [0.1, 0.15) is 11.2 Å². The van der Waals surface area contributed by atoms with Crippen molar-refractivity contribution >= 4 is 53.6 Å². The third-order valence-corrected chi connectivity index (χ3v) is 12.6. The predicted molar refractivity (Wildman–Crippen MR) is 253 cm³/mol. The van der Waals surface area contributed by atoms with E-state index in [2.05, 4.69) is 156 Å². The van der Waals surface area contributed by atoms with Crippen LogP contribution in [0.1, 0.15) is 0 Å². The fourth-order valence-corrected chi connectivity index (χ4v) is 9.51. The molecule has 0 fully saturated rings. The van der Waals surface area contributed by atoms with Gasteiger partial charge in [-0.15, -0.1) is 11.3 Å². The SMILES string of the molecule is c1ccc(-c2cccc(-c3cnc4sc5c(-c6ccc(-c7nc(-c8ccccc8)nc(-c8ccc(-n9c%10ccccc%10c%10ccccc%109)cc8)n7)cc6)ncnc5c4c3)c2)cc1. The number of nitrogens with zero attached hydrogens (tertiary/aromatic N) is 7. The zero-order valence-corrected chi connectivity index (χ0v) is 33.9. The maximum atomic E-state index is 5.07. The van der Waals surface area contributed by atoms with Crippen LogP contribution in [0.25, 0.3) is 116 Å². The monoisotopic (exact) mass is 811 g/mol. The molecule has 5 aromatic heterocycles. The van der Waals surface area contributed by atoms with Gasteiger partial charge in [-0.3, -0.25) is 0 Å². The van der Waals surface area contributed by atoms with Crippen LogP contribution in [-0.2, 0) is 0 Å². The molecule has 12 aromatic rings. The second-order valence-electron chi connectivity index (χ2n) is 15.2. The van der Waals surface area contributed by atoms with Crippen LogP contribution >= 0.6 is 11.3 Å². The van der Waals surface area contributed by atoms with Crippen molar-refractivity contribution in [2.75, 3.05) is 0 Å². The van der Waals surface area contributed by atoms with Crippen LogP contribution in [0, 0.1) is 0 Å². The van der Waals surface area contributed by atoms with Crippen LogP contribution in [-0.4, -0.2) is 34.5 Å². The Morgan fingerprint density at radius 2 is 0.887 bits per heavy atom. The first kappa shape index (κ1) is 35.7. The Kier molecular flexibility index (Phi) is 8.53. The molecule has 8 heteroatoms. The molecule has 0 aliphatic rings. The molecule has 0 aliphatic carbocycles. The third kappa shape index (κ3) is 6.20. The number of fused-ring (bicyclic) bond motifs is 6. The van der Waals surface area contributed by atoms with Crippen molar-refractivity contribution in [2.45, 2.75) is 0 Å².